The monoisotopic (exact) mass is 1020 g/mol. The Morgan fingerprint density at radius 1 is 0.163 bits per heavy atom. The first kappa shape index (κ1) is 46.7. The van der Waals surface area contributed by atoms with Crippen molar-refractivity contribution in [2.24, 2.45) is 0 Å². The van der Waals surface area contributed by atoms with Crippen molar-refractivity contribution in [2.75, 3.05) is 0 Å². The highest BCUT2D eigenvalue weighted by atomic mass is 15.0. The first-order valence-electron chi connectivity index (χ1n) is 27.2. The van der Waals surface area contributed by atoms with Crippen molar-refractivity contribution in [1.82, 2.24) is 29.9 Å². The lowest BCUT2D eigenvalue weighted by Crippen LogP contribution is -2.27. The summed E-state index contributed by atoms with van der Waals surface area (Å²) in [5, 5.41) is 0. The van der Waals surface area contributed by atoms with Gasteiger partial charge in [0.25, 0.3) is 0 Å². The number of benzene rings is 11. The summed E-state index contributed by atoms with van der Waals surface area (Å²) in [7, 11) is 0. The molecule has 0 N–H and O–H groups in total. The van der Waals surface area contributed by atoms with Gasteiger partial charge in [-0.15, -0.1) is 0 Å². The molecule has 0 aliphatic heterocycles. The molecule has 11 aromatic carbocycles. The zero-order chi connectivity index (χ0) is 52.9. The summed E-state index contributed by atoms with van der Waals surface area (Å²) < 4.78 is 0. The fourth-order valence-electron chi connectivity index (χ4n) is 12.0. The van der Waals surface area contributed by atoms with Crippen LogP contribution in [0.15, 0.2) is 279 Å². The van der Waals surface area contributed by atoms with Crippen LogP contribution in [0.25, 0.3) is 113 Å². The van der Waals surface area contributed by atoms with Gasteiger partial charge in [0.05, 0.1) is 0 Å². The van der Waals surface area contributed by atoms with Gasteiger partial charge in [-0.25, -0.2) is 29.9 Å². The van der Waals surface area contributed by atoms with E-state index in [1.54, 1.807) is 0 Å². The van der Waals surface area contributed by atoms with E-state index in [1.165, 1.54) is 44.5 Å². The average Bonchev–Trinajstić information content (AvgIpc) is 3.68. The second kappa shape index (κ2) is 19.8. The van der Waals surface area contributed by atoms with Gasteiger partial charge in [0.2, 0.25) is 0 Å². The van der Waals surface area contributed by atoms with E-state index in [0.29, 0.717) is 34.9 Å². The molecule has 16 rings (SSSR count). The highest BCUT2D eigenvalue weighted by Crippen LogP contribution is 2.57. The second-order valence-electron chi connectivity index (χ2n) is 20.5. The molecule has 0 saturated heterocycles. The van der Waals surface area contributed by atoms with E-state index in [9.17, 15) is 0 Å². The smallest absolute Gasteiger partial charge is 0.164 e. The van der Waals surface area contributed by atoms with Crippen LogP contribution in [0.2, 0.25) is 0 Å². The first-order chi connectivity index (χ1) is 39.6. The number of rotatable bonds is 10. The molecule has 2 unspecified atom stereocenters. The summed E-state index contributed by atoms with van der Waals surface area (Å²) in [6.45, 7) is 0. The molecular weight excluding hydrogens is 973 g/mol. The van der Waals surface area contributed by atoms with Gasteiger partial charge in [-0.2, -0.15) is 0 Å². The molecule has 13 aromatic rings. The summed E-state index contributed by atoms with van der Waals surface area (Å²) in [6.07, 6.45) is 0. The van der Waals surface area contributed by atoms with Crippen LogP contribution in [-0.2, 0) is 0 Å². The van der Waals surface area contributed by atoms with Crippen LogP contribution in [-0.4, -0.2) is 29.9 Å². The molecule has 2 bridgehead atoms. The van der Waals surface area contributed by atoms with Gasteiger partial charge in [-0.1, -0.05) is 267 Å². The second-order valence-corrected chi connectivity index (χ2v) is 20.5. The summed E-state index contributed by atoms with van der Waals surface area (Å²) in [6, 6.07) is 98.5. The van der Waals surface area contributed by atoms with E-state index in [1.807, 2.05) is 60.7 Å². The molecule has 0 spiro atoms. The van der Waals surface area contributed by atoms with Gasteiger partial charge in [0.15, 0.2) is 34.9 Å². The van der Waals surface area contributed by atoms with Crippen LogP contribution in [0.5, 0.6) is 0 Å². The van der Waals surface area contributed by atoms with E-state index in [0.717, 1.165) is 66.8 Å². The van der Waals surface area contributed by atoms with Crippen LogP contribution in [0.3, 0.4) is 0 Å². The number of aromatic nitrogens is 6. The molecule has 3 aliphatic carbocycles. The number of nitrogens with zero attached hydrogens (tertiary/aromatic N) is 6. The highest BCUT2D eigenvalue weighted by Gasteiger charge is 2.41. The predicted molar refractivity (Wildman–Crippen MR) is 322 cm³/mol. The number of hydrogen-bond acceptors (Lipinski definition) is 6. The van der Waals surface area contributed by atoms with Crippen molar-refractivity contribution in [3.8, 4) is 113 Å². The van der Waals surface area contributed by atoms with Crippen LogP contribution in [0.4, 0.5) is 0 Å². The standard InChI is InChI=1S/C74H48N6/c1-5-19-49(20-6-1)57-27-13-17-31-63(57)73-77-69(51-23-9-3-10-24-51)75-71(79-73)53-37-33-47(34-38-53)55-41-43-61-65(45-55)67-59-29-15-16-30-60(59)68(61)66-46-56(42-44-62(66)67)48-35-39-54(40-36-48)72-76-70(52-25-11-4-12-26-52)78-74(80-72)64-32-18-14-28-58(64)50-21-7-2-8-22-50/h1-46,67-68H. The van der Waals surface area contributed by atoms with E-state index >= 15 is 0 Å². The minimum atomic E-state index is 0.111. The van der Waals surface area contributed by atoms with Gasteiger partial charge in [-0.05, 0) is 90.0 Å². The summed E-state index contributed by atoms with van der Waals surface area (Å²) in [4.78, 5) is 30.6. The Morgan fingerprint density at radius 3 is 0.775 bits per heavy atom. The van der Waals surface area contributed by atoms with Crippen molar-refractivity contribution in [3.63, 3.8) is 0 Å². The fourth-order valence-corrected chi connectivity index (χ4v) is 12.0. The van der Waals surface area contributed by atoms with Crippen LogP contribution >= 0.6 is 0 Å². The molecule has 374 valence electrons. The maximum Gasteiger partial charge on any atom is 0.164 e. The third-order valence-electron chi connectivity index (χ3n) is 15.8. The molecule has 6 heteroatoms. The predicted octanol–water partition coefficient (Wildman–Crippen LogP) is 17.7. The van der Waals surface area contributed by atoms with Crippen molar-refractivity contribution < 1.29 is 0 Å². The molecule has 0 radical (unpaired) electrons. The molecule has 0 amide bonds. The zero-order valence-corrected chi connectivity index (χ0v) is 43.4. The van der Waals surface area contributed by atoms with Gasteiger partial charge in [-0.3, -0.25) is 0 Å². The van der Waals surface area contributed by atoms with Gasteiger partial charge in [0.1, 0.15) is 0 Å². The summed E-state index contributed by atoms with van der Waals surface area (Å²) in [5.41, 5.74) is 22.9. The Kier molecular flexibility index (Phi) is 11.6. The minimum Gasteiger partial charge on any atom is -0.208 e. The molecule has 2 atom stereocenters. The average molecular weight is 1020 g/mol. The van der Waals surface area contributed by atoms with Gasteiger partial charge in [0, 0.05) is 45.2 Å². The Hall–Kier alpha value is -10.6. The Balaban J connectivity index is 0.749. The van der Waals surface area contributed by atoms with Gasteiger partial charge < -0.3 is 0 Å². The largest absolute Gasteiger partial charge is 0.208 e. The molecule has 2 aromatic heterocycles. The zero-order valence-electron chi connectivity index (χ0n) is 43.4. The molecule has 80 heavy (non-hydrogen) atoms. The molecule has 0 saturated carbocycles. The third-order valence-corrected chi connectivity index (χ3v) is 15.8. The maximum absolute atomic E-state index is 5.16. The third kappa shape index (κ3) is 8.38. The van der Waals surface area contributed by atoms with Crippen LogP contribution in [0.1, 0.15) is 45.2 Å². The Morgan fingerprint density at radius 2 is 0.412 bits per heavy atom. The first-order valence-corrected chi connectivity index (χ1v) is 27.2. The van der Waals surface area contributed by atoms with Crippen LogP contribution in [0, 0.1) is 0 Å². The van der Waals surface area contributed by atoms with Crippen LogP contribution < -0.4 is 0 Å². The molecule has 2 heterocycles. The Bertz CT molecular complexity index is 4160. The number of hydrogen-bond donors (Lipinski definition) is 0. The minimum absolute atomic E-state index is 0.111. The lowest BCUT2D eigenvalue weighted by molar-refractivity contribution is 0.755. The van der Waals surface area contributed by atoms with Crippen molar-refractivity contribution in [3.05, 3.63) is 312 Å². The molecular formula is C74H48N6. The highest BCUT2D eigenvalue weighted by molar-refractivity contribution is 5.84. The van der Waals surface area contributed by atoms with Gasteiger partial charge >= 0.3 is 0 Å². The van der Waals surface area contributed by atoms with E-state index in [-0.39, 0.29) is 11.8 Å². The van der Waals surface area contributed by atoms with Crippen molar-refractivity contribution in [1.29, 1.82) is 0 Å². The molecule has 3 aliphatic rings. The Labute approximate surface area is 464 Å². The normalized spacial score (nSPS) is 13.8. The fraction of sp³-hybridized carbons (Fsp3) is 0.0270. The molecule has 6 nitrogen and oxygen atoms in total. The quantitative estimate of drug-likeness (QED) is 0.136. The lowest BCUT2D eigenvalue weighted by atomic mass is 9.60. The van der Waals surface area contributed by atoms with E-state index in [2.05, 4.69) is 218 Å². The topological polar surface area (TPSA) is 77.3 Å². The SMILES string of the molecule is c1ccc(-c2nc(-c3ccc(-c4ccc5c(c4)C4c6ccccc6C5c5cc(-c6ccc(-c7nc(-c8ccccc8)nc(-c8ccccc8-c8ccccc8)n7)cc6)ccc54)cc3)nc(-c3ccccc3-c3ccccc3)n2)cc1. The molecule has 0 fully saturated rings. The summed E-state index contributed by atoms with van der Waals surface area (Å²) in [5.74, 6) is 4.03. The van der Waals surface area contributed by atoms with E-state index in [4.69, 9.17) is 29.9 Å². The lowest BCUT2D eigenvalue weighted by Gasteiger charge is -2.42. The van der Waals surface area contributed by atoms with Crippen molar-refractivity contribution in [2.45, 2.75) is 11.8 Å². The van der Waals surface area contributed by atoms with Crippen molar-refractivity contribution >= 4 is 0 Å². The van der Waals surface area contributed by atoms with E-state index < -0.39 is 0 Å². The summed E-state index contributed by atoms with van der Waals surface area (Å²) >= 11 is 0. The maximum atomic E-state index is 5.16.